The van der Waals surface area contributed by atoms with Crippen molar-refractivity contribution in [3.63, 3.8) is 0 Å². The first kappa shape index (κ1) is 17.9. The van der Waals surface area contributed by atoms with E-state index in [9.17, 15) is 9.59 Å². The second kappa shape index (κ2) is 7.13. The molecule has 0 aliphatic carbocycles. The summed E-state index contributed by atoms with van der Waals surface area (Å²) in [5.74, 6) is -0.286. The molecule has 134 valence electrons. The van der Waals surface area contributed by atoms with Gasteiger partial charge in [-0.25, -0.2) is 9.78 Å². The molecule has 1 N–H and O–H groups in total. The number of nitrogens with zero attached hydrogens (tertiary/aromatic N) is 3. The second-order valence-corrected chi connectivity index (χ2v) is 6.20. The number of para-hydroxylation sites is 1. The number of nitrogens with one attached hydrogen (secondary N) is 1. The third-order valence-electron chi connectivity index (χ3n) is 3.92. The molecule has 0 bridgehead atoms. The molecule has 2 aromatic heterocycles. The fraction of sp³-hybridized carbons (Fsp3) is 0.222. The van der Waals surface area contributed by atoms with Gasteiger partial charge in [0.15, 0.2) is 0 Å². The second-order valence-electron chi connectivity index (χ2n) is 5.84. The molecule has 3 rings (SSSR count). The van der Waals surface area contributed by atoms with E-state index in [1.165, 1.54) is 10.8 Å². The van der Waals surface area contributed by atoms with Crippen molar-refractivity contribution in [2.45, 2.75) is 20.5 Å². The Labute approximate surface area is 154 Å². The molecule has 8 heteroatoms. The Hall–Kier alpha value is -2.93. The topological polar surface area (TPSA) is 89.9 Å². The number of rotatable bonds is 4. The van der Waals surface area contributed by atoms with E-state index >= 15 is 0 Å². The van der Waals surface area contributed by atoms with Crippen LogP contribution in [0.25, 0.3) is 17.0 Å². The van der Waals surface area contributed by atoms with Gasteiger partial charge in [0.2, 0.25) is 0 Å². The van der Waals surface area contributed by atoms with Crippen LogP contribution in [0.1, 0.15) is 22.6 Å². The molecule has 0 aliphatic heterocycles. The molecular formula is C18H17ClN4O3. The lowest BCUT2D eigenvalue weighted by Gasteiger charge is -2.05. The number of halogens is 1. The van der Waals surface area contributed by atoms with Gasteiger partial charge in [-0.3, -0.25) is 9.48 Å². The Balaban J connectivity index is 1.74. The highest BCUT2D eigenvalue weighted by atomic mass is 35.5. The normalized spacial score (nSPS) is 11.4. The Kier molecular flexibility index (Phi) is 4.90. The number of esters is 1. The molecule has 7 nitrogen and oxygen atoms in total. The SMILES string of the molecule is Cc1nn(C)c(Cl)c1/C=C/C(=O)OCc1nc2c(C)cccc2c(=O)[nH]1. The highest BCUT2D eigenvalue weighted by molar-refractivity contribution is 6.31. The molecule has 0 radical (unpaired) electrons. The van der Waals surface area contributed by atoms with Crippen LogP contribution in [-0.4, -0.2) is 25.7 Å². The number of carbonyl (C=O) groups is 1. The summed E-state index contributed by atoms with van der Waals surface area (Å²) in [4.78, 5) is 31.0. The molecule has 26 heavy (non-hydrogen) atoms. The third kappa shape index (κ3) is 3.52. The van der Waals surface area contributed by atoms with E-state index in [0.29, 0.717) is 27.3 Å². The van der Waals surface area contributed by atoms with Gasteiger partial charge >= 0.3 is 5.97 Å². The van der Waals surface area contributed by atoms with Crippen molar-refractivity contribution in [3.05, 3.63) is 62.4 Å². The highest BCUT2D eigenvalue weighted by Crippen LogP contribution is 2.20. The van der Waals surface area contributed by atoms with Crippen LogP contribution in [0.15, 0.2) is 29.1 Å². The molecule has 0 unspecified atom stereocenters. The predicted molar refractivity (Wildman–Crippen MR) is 98.9 cm³/mol. The first-order valence-corrected chi connectivity index (χ1v) is 8.27. The lowest BCUT2D eigenvalue weighted by atomic mass is 10.1. The Morgan fingerprint density at radius 3 is 2.85 bits per heavy atom. The van der Waals surface area contributed by atoms with E-state index < -0.39 is 5.97 Å². The summed E-state index contributed by atoms with van der Waals surface area (Å²) >= 11 is 6.11. The van der Waals surface area contributed by atoms with Crippen LogP contribution >= 0.6 is 11.6 Å². The van der Waals surface area contributed by atoms with Crippen molar-refractivity contribution < 1.29 is 9.53 Å². The Morgan fingerprint density at radius 2 is 2.15 bits per heavy atom. The van der Waals surface area contributed by atoms with Crippen molar-refractivity contribution in [2.24, 2.45) is 7.05 Å². The quantitative estimate of drug-likeness (QED) is 0.561. The van der Waals surface area contributed by atoms with Crippen LogP contribution in [-0.2, 0) is 23.2 Å². The largest absolute Gasteiger partial charge is 0.454 e. The molecule has 0 aliphatic rings. The summed E-state index contributed by atoms with van der Waals surface area (Å²) in [6, 6.07) is 5.37. The minimum atomic E-state index is -0.572. The van der Waals surface area contributed by atoms with E-state index in [2.05, 4.69) is 15.1 Å². The standard InChI is InChI=1S/C18H17ClN4O3/c1-10-5-4-6-13-16(10)20-14(21-18(13)25)9-26-15(24)8-7-12-11(2)22-23(3)17(12)19/h4-8H,9H2,1-3H3,(H,20,21,25)/b8-7+. The summed E-state index contributed by atoms with van der Waals surface area (Å²) in [6.45, 7) is 3.53. The van der Waals surface area contributed by atoms with Gasteiger partial charge < -0.3 is 9.72 Å². The third-order valence-corrected chi connectivity index (χ3v) is 4.37. The minimum absolute atomic E-state index is 0.136. The zero-order valence-corrected chi connectivity index (χ0v) is 15.3. The summed E-state index contributed by atoms with van der Waals surface area (Å²) in [5, 5.41) is 5.10. The highest BCUT2D eigenvalue weighted by Gasteiger charge is 2.10. The van der Waals surface area contributed by atoms with Gasteiger partial charge in [-0.15, -0.1) is 0 Å². The average molecular weight is 373 g/mol. The molecule has 3 aromatic rings. The van der Waals surface area contributed by atoms with Gasteiger partial charge in [0.25, 0.3) is 5.56 Å². The summed E-state index contributed by atoms with van der Waals surface area (Å²) in [5.41, 5.74) is 2.56. The van der Waals surface area contributed by atoms with Crippen LogP contribution in [0.3, 0.4) is 0 Å². The van der Waals surface area contributed by atoms with Gasteiger partial charge in [-0.1, -0.05) is 23.7 Å². The molecule has 0 saturated carbocycles. The number of fused-ring (bicyclic) bond motifs is 1. The molecular weight excluding hydrogens is 356 g/mol. The van der Waals surface area contributed by atoms with E-state index in [4.69, 9.17) is 16.3 Å². The number of benzene rings is 1. The molecule has 0 atom stereocenters. The van der Waals surface area contributed by atoms with Crippen molar-refractivity contribution in [2.75, 3.05) is 0 Å². The van der Waals surface area contributed by atoms with Crippen molar-refractivity contribution in [3.8, 4) is 0 Å². The number of aromatic amines is 1. The summed E-state index contributed by atoms with van der Waals surface area (Å²) in [6.07, 6.45) is 2.81. The molecule has 2 heterocycles. The first-order chi connectivity index (χ1) is 12.4. The summed E-state index contributed by atoms with van der Waals surface area (Å²) < 4.78 is 6.67. The zero-order valence-electron chi connectivity index (χ0n) is 14.5. The monoisotopic (exact) mass is 372 g/mol. The van der Waals surface area contributed by atoms with Crippen LogP contribution in [0, 0.1) is 13.8 Å². The summed E-state index contributed by atoms with van der Waals surface area (Å²) in [7, 11) is 1.72. The number of ether oxygens (including phenoxy) is 1. The van der Waals surface area contributed by atoms with Crippen LogP contribution in [0.2, 0.25) is 5.15 Å². The minimum Gasteiger partial charge on any atom is -0.454 e. The van der Waals surface area contributed by atoms with E-state index in [0.717, 1.165) is 5.56 Å². The van der Waals surface area contributed by atoms with Gasteiger partial charge in [0, 0.05) is 18.7 Å². The maximum Gasteiger partial charge on any atom is 0.331 e. The number of aromatic nitrogens is 4. The van der Waals surface area contributed by atoms with E-state index in [1.54, 1.807) is 32.2 Å². The maximum atomic E-state index is 12.1. The van der Waals surface area contributed by atoms with E-state index in [1.807, 2.05) is 13.0 Å². The lowest BCUT2D eigenvalue weighted by Crippen LogP contribution is -2.14. The number of hydrogen-bond donors (Lipinski definition) is 1. The lowest BCUT2D eigenvalue weighted by molar-refractivity contribution is -0.139. The van der Waals surface area contributed by atoms with Crippen LogP contribution in [0.5, 0.6) is 0 Å². The Morgan fingerprint density at radius 1 is 1.38 bits per heavy atom. The van der Waals surface area contributed by atoms with Crippen molar-refractivity contribution in [1.82, 2.24) is 19.7 Å². The molecule has 1 aromatic carbocycles. The van der Waals surface area contributed by atoms with Gasteiger partial charge in [-0.05, 0) is 31.6 Å². The molecule has 0 saturated heterocycles. The fourth-order valence-corrected chi connectivity index (χ4v) is 2.83. The molecule has 0 amide bonds. The van der Waals surface area contributed by atoms with Crippen molar-refractivity contribution in [1.29, 1.82) is 0 Å². The van der Waals surface area contributed by atoms with Gasteiger partial charge in [0.05, 0.1) is 16.6 Å². The predicted octanol–water partition coefficient (Wildman–Crippen LogP) is 2.68. The average Bonchev–Trinajstić information content (AvgIpc) is 2.84. The smallest absolute Gasteiger partial charge is 0.331 e. The Bertz CT molecular complexity index is 1080. The zero-order chi connectivity index (χ0) is 18.8. The molecule has 0 spiro atoms. The van der Waals surface area contributed by atoms with Gasteiger partial charge in [0.1, 0.15) is 17.6 Å². The first-order valence-electron chi connectivity index (χ1n) is 7.89. The number of carbonyl (C=O) groups excluding carboxylic acids is 1. The number of hydrogen-bond acceptors (Lipinski definition) is 5. The number of aryl methyl sites for hydroxylation is 3. The van der Waals surface area contributed by atoms with Crippen LogP contribution in [0.4, 0.5) is 0 Å². The number of H-pyrrole nitrogens is 1. The maximum absolute atomic E-state index is 12.1. The fourth-order valence-electron chi connectivity index (χ4n) is 2.59. The van der Waals surface area contributed by atoms with Crippen LogP contribution < -0.4 is 5.56 Å². The van der Waals surface area contributed by atoms with E-state index in [-0.39, 0.29) is 18.0 Å². The molecule has 0 fully saturated rings. The van der Waals surface area contributed by atoms with Gasteiger partial charge in [-0.2, -0.15) is 5.10 Å². The van der Waals surface area contributed by atoms with Crippen molar-refractivity contribution >= 4 is 34.5 Å².